The highest BCUT2D eigenvalue weighted by Gasteiger charge is 2.38. The number of nitrogens with zero attached hydrogens (tertiary/aromatic N) is 3. The van der Waals surface area contributed by atoms with Gasteiger partial charge in [0.05, 0.1) is 12.1 Å². The van der Waals surface area contributed by atoms with Crippen LogP contribution in [0.5, 0.6) is 0 Å². The van der Waals surface area contributed by atoms with E-state index in [1.807, 2.05) is 0 Å². The SMILES string of the molecule is Cc1nnc(NC(=O)CCC(=O)N2C[C@H](CC(N)=O)[C@H](OC(=O)c3ccccc3)C2)s1. The predicted molar refractivity (Wildman–Crippen MR) is 112 cm³/mol. The number of amides is 3. The van der Waals surface area contributed by atoms with E-state index in [4.69, 9.17) is 10.5 Å². The summed E-state index contributed by atoms with van der Waals surface area (Å²) in [5, 5.41) is 11.3. The van der Waals surface area contributed by atoms with Crippen molar-refractivity contribution in [2.75, 3.05) is 18.4 Å². The number of likely N-dealkylation sites (tertiary alicyclic amines) is 1. The topological polar surface area (TPSA) is 145 Å². The molecule has 10 nitrogen and oxygen atoms in total. The molecular formula is C20H23N5O5S. The Labute approximate surface area is 182 Å². The van der Waals surface area contributed by atoms with E-state index < -0.39 is 23.9 Å². The molecule has 11 heteroatoms. The molecule has 3 N–H and O–H groups in total. The van der Waals surface area contributed by atoms with Crippen molar-refractivity contribution in [3.63, 3.8) is 0 Å². The van der Waals surface area contributed by atoms with Crippen LogP contribution in [0.25, 0.3) is 0 Å². The van der Waals surface area contributed by atoms with Gasteiger partial charge in [-0.2, -0.15) is 0 Å². The van der Waals surface area contributed by atoms with Gasteiger partial charge in [-0.1, -0.05) is 29.5 Å². The summed E-state index contributed by atoms with van der Waals surface area (Å²) in [6, 6.07) is 8.47. The highest BCUT2D eigenvalue weighted by molar-refractivity contribution is 7.15. The smallest absolute Gasteiger partial charge is 0.338 e. The van der Waals surface area contributed by atoms with Crippen LogP contribution >= 0.6 is 11.3 Å². The lowest BCUT2D eigenvalue weighted by Gasteiger charge is -2.17. The average molecular weight is 446 g/mol. The number of aromatic nitrogens is 2. The predicted octanol–water partition coefficient (Wildman–Crippen LogP) is 1.12. The first-order valence-electron chi connectivity index (χ1n) is 9.74. The number of primary amides is 1. The number of carbonyl (C=O) groups excluding carboxylic acids is 4. The molecule has 0 radical (unpaired) electrons. The number of carbonyl (C=O) groups is 4. The molecule has 0 bridgehead atoms. The minimum Gasteiger partial charge on any atom is -0.457 e. The van der Waals surface area contributed by atoms with E-state index in [9.17, 15) is 19.2 Å². The lowest BCUT2D eigenvalue weighted by Crippen LogP contribution is -2.31. The molecule has 1 aromatic heterocycles. The maximum atomic E-state index is 12.6. The van der Waals surface area contributed by atoms with Gasteiger partial charge in [0, 0.05) is 31.7 Å². The zero-order valence-corrected chi connectivity index (χ0v) is 17.8. The summed E-state index contributed by atoms with van der Waals surface area (Å²) in [6.07, 6.45) is -0.704. The second kappa shape index (κ2) is 10.1. The van der Waals surface area contributed by atoms with Crippen LogP contribution in [-0.4, -0.2) is 58.0 Å². The fourth-order valence-corrected chi connectivity index (χ4v) is 3.93. The fourth-order valence-electron chi connectivity index (χ4n) is 3.32. The normalized spacial score (nSPS) is 17.9. The van der Waals surface area contributed by atoms with E-state index >= 15 is 0 Å². The summed E-state index contributed by atoms with van der Waals surface area (Å²) in [4.78, 5) is 50.0. The van der Waals surface area contributed by atoms with Crippen molar-refractivity contribution in [3.05, 3.63) is 40.9 Å². The zero-order valence-electron chi connectivity index (χ0n) is 16.9. The van der Waals surface area contributed by atoms with Crippen LogP contribution in [0.4, 0.5) is 5.13 Å². The molecule has 0 unspecified atom stereocenters. The van der Waals surface area contributed by atoms with Crippen molar-refractivity contribution in [1.29, 1.82) is 0 Å². The van der Waals surface area contributed by atoms with Gasteiger partial charge in [-0.3, -0.25) is 14.4 Å². The van der Waals surface area contributed by atoms with E-state index in [1.165, 1.54) is 16.2 Å². The zero-order chi connectivity index (χ0) is 22.4. The summed E-state index contributed by atoms with van der Waals surface area (Å²) in [7, 11) is 0. The van der Waals surface area contributed by atoms with E-state index in [-0.39, 0.29) is 44.2 Å². The number of ether oxygens (including phenoxy) is 1. The molecule has 2 aromatic rings. The van der Waals surface area contributed by atoms with Gasteiger partial charge in [-0.25, -0.2) is 4.79 Å². The second-order valence-corrected chi connectivity index (χ2v) is 8.40. The fraction of sp³-hybridized carbons (Fsp3) is 0.400. The van der Waals surface area contributed by atoms with E-state index in [0.29, 0.717) is 10.7 Å². The number of nitrogens with one attached hydrogen (secondary N) is 1. The maximum Gasteiger partial charge on any atom is 0.338 e. The second-order valence-electron chi connectivity index (χ2n) is 7.21. The number of anilines is 1. The highest BCUT2D eigenvalue weighted by atomic mass is 32.1. The Hall–Kier alpha value is -3.34. The molecule has 2 heterocycles. The Morgan fingerprint density at radius 1 is 1.16 bits per heavy atom. The summed E-state index contributed by atoms with van der Waals surface area (Å²) in [5.41, 5.74) is 5.71. The van der Waals surface area contributed by atoms with Crippen molar-refractivity contribution in [2.24, 2.45) is 11.7 Å². The molecule has 1 aliphatic rings. The van der Waals surface area contributed by atoms with Crippen molar-refractivity contribution in [1.82, 2.24) is 15.1 Å². The lowest BCUT2D eigenvalue weighted by atomic mass is 10.0. The van der Waals surface area contributed by atoms with Gasteiger partial charge in [0.15, 0.2) is 0 Å². The van der Waals surface area contributed by atoms with Crippen molar-refractivity contribution >= 4 is 40.2 Å². The average Bonchev–Trinajstić information content (AvgIpc) is 3.32. The summed E-state index contributed by atoms with van der Waals surface area (Å²) in [5.74, 6) is -2.07. The standard InChI is InChI=1S/C20H23N5O5S/c1-12-23-24-20(31-12)22-17(27)7-8-18(28)25-10-14(9-16(21)26)15(11-25)30-19(29)13-5-3-2-4-6-13/h2-6,14-15H,7-11H2,1H3,(H2,21,26)(H,22,24,27)/t14-,15+/m0/s1. The van der Waals surface area contributed by atoms with Crippen LogP contribution in [-0.2, 0) is 19.1 Å². The van der Waals surface area contributed by atoms with E-state index in [1.54, 1.807) is 37.3 Å². The van der Waals surface area contributed by atoms with Gasteiger partial charge >= 0.3 is 5.97 Å². The van der Waals surface area contributed by atoms with Crippen LogP contribution < -0.4 is 11.1 Å². The van der Waals surface area contributed by atoms with Gasteiger partial charge in [0.2, 0.25) is 22.9 Å². The third-order valence-electron chi connectivity index (χ3n) is 4.80. The highest BCUT2D eigenvalue weighted by Crippen LogP contribution is 2.25. The molecule has 1 aromatic carbocycles. The number of hydrogen-bond acceptors (Lipinski definition) is 8. The number of hydrogen-bond donors (Lipinski definition) is 2. The van der Waals surface area contributed by atoms with E-state index in [2.05, 4.69) is 15.5 Å². The first-order valence-corrected chi connectivity index (χ1v) is 10.6. The number of benzene rings is 1. The maximum absolute atomic E-state index is 12.6. The molecule has 1 fully saturated rings. The molecule has 164 valence electrons. The molecule has 1 aliphatic heterocycles. The molecular weight excluding hydrogens is 422 g/mol. The molecule has 3 rings (SSSR count). The van der Waals surface area contributed by atoms with Gasteiger partial charge in [-0.15, -0.1) is 10.2 Å². The first-order chi connectivity index (χ1) is 14.8. The first kappa shape index (κ1) is 22.3. The van der Waals surface area contributed by atoms with Crippen LogP contribution in [0.2, 0.25) is 0 Å². The minimum absolute atomic E-state index is 0.00655. The Kier molecular flexibility index (Phi) is 7.29. The molecule has 0 spiro atoms. The Morgan fingerprint density at radius 2 is 1.90 bits per heavy atom. The molecule has 0 saturated carbocycles. The van der Waals surface area contributed by atoms with Crippen molar-refractivity contribution < 1.29 is 23.9 Å². The van der Waals surface area contributed by atoms with Crippen molar-refractivity contribution in [2.45, 2.75) is 32.3 Å². The number of rotatable bonds is 8. The number of aryl methyl sites for hydroxylation is 1. The van der Waals surface area contributed by atoms with Gasteiger partial charge in [0.25, 0.3) is 0 Å². The Morgan fingerprint density at radius 3 is 2.55 bits per heavy atom. The largest absolute Gasteiger partial charge is 0.457 e. The number of nitrogens with two attached hydrogens (primary N) is 1. The van der Waals surface area contributed by atoms with Gasteiger partial charge in [0.1, 0.15) is 11.1 Å². The van der Waals surface area contributed by atoms with Crippen LogP contribution in [0, 0.1) is 12.8 Å². The third-order valence-corrected chi connectivity index (χ3v) is 5.56. The van der Waals surface area contributed by atoms with Crippen LogP contribution in [0.3, 0.4) is 0 Å². The summed E-state index contributed by atoms with van der Waals surface area (Å²) in [6.45, 7) is 2.14. The number of esters is 1. The molecule has 3 amide bonds. The van der Waals surface area contributed by atoms with Crippen molar-refractivity contribution in [3.8, 4) is 0 Å². The van der Waals surface area contributed by atoms with E-state index in [0.717, 1.165) is 5.01 Å². The third kappa shape index (κ3) is 6.32. The minimum atomic E-state index is -0.651. The quantitative estimate of drug-likeness (QED) is 0.579. The molecule has 31 heavy (non-hydrogen) atoms. The summed E-state index contributed by atoms with van der Waals surface area (Å²) >= 11 is 1.24. The lowest BCUT2D eigenvalue weighted by molar-refractivity contribution is -0.132. The van der Waals surface area contributed by atoms with Crippen LogP contribution in [0.1, 0.15) is 34.6 Å². The van der Waals surface area contributed by atoms with Gasteiger partial charge < -0.3 is 20.7 Å². The van der Waals surface area contributed by atoms with Crippen LogP contribution in [0.15, 0.2) is 30.3 Å². The molecule has 1 saturated heterocycles. The summed E-state index contributed by atoms with van der Waals surface area (Å²) < 4.78 is 5.56. The monoisotopic (exact) mass is 445 g/mol. The Balaban J connectivity index is 1.55. The Bertz CT molecular complexity index is 964. The van der Waals surface area contributed by atoms with Gasteiger partial charge in [-0.05, 0) is 19.1 Å². The molecule has 2 atom stereocenters. The molecule has 0 aliphatic carbocycles.